The molecule has 37 heavy (non-hydrogen) atoms. The summed E-state index contributed by atoms with van der Waals surface area (Å²) < 4.78 is 10.0. The Bertz CT molecular complexity index is 1060. The molecule has 0 aliphatic carbocycles. The molecule has 2 aromatic rings. The van der Waals surface area contributed by atoms with Crippen LogP contribution in [0.15, 0.2) is 48.8 Å². The summed E-state index contributed by atoms with van der Waals surface area (Å²) in [5.74, 6) is -2.13. The number of pyridine rings is 1. The molecular weight excluding hydrogens is 498 g/mol. The minimum absolute atomic E-state index is 0.00437. The molecule has 0 saturated carbocycles. The molecule has 1 aromatic carbocycles. The Kier molecular flexibility index (Phi) is 11.5. The Morgan fingerprint density at radius 3 is 2.14 bits per heavy atom. The zero-order valence-electron chi connectivity index (χ0n) is 21.6. The van der Waals surface area contributed by atoms with Gasteiger partial charge < -0.3 is 20.1 Å². The Morgan fingerprint density at radius 2 is 1.54 bits per heavy atom. The second kappa shape index (κ2) is 14.3. The van der Waals surface area contributed by atoms with Crippen LogP contribution in [0, 0.1) is 0 Å². The number of nitrogens with one attached hydrogen (secondary N) is 2. The number of carbonyl (C=O) groups excluding carboxylic acids is 4. The third-order valence-corrected chi connectivity index (χ3v) is 6.03. The van der Waals surface area contributed by atoms with E-state index in [4.69, 9.17) is 21.1 Å². The van der Waals surface area contributed by atoms with Gasteiger partial charge in [-0.05, 0) is 69.5 Å². The smallest absolute Gasteiger partial charge is 0.328 e. The number of aromatic nitrogens is 1. The Balaban J connectivity index is 2.25. The van der Waals surface area contributed by atoms with Gasteiger partial charge >= 0.3 is 11.9 Å². The van der Waals surface area contributed by atoms with E-state index in [1.54, 1.807) is 76.5 Å². The van der Waals surface area contributed by atoms with Crippen molar-refractivity contribution in [1.82, 2.24) is 15.6 Å². The largest absolute Gasteiger partial charge is 0.466 e. The quantitative estimate of drug-likeness (QED) is 0.380. The maximum atomic E-state index is 13.4. The third-order valence-electron chi connectivity index (χ3n) is 5.77. The summed E-state index contributed by atoms with van der Waals surface area (Å²) in [5.41, 5.74) is 0.501. The van der Waals surface area contributed by atoms with Crippen molar-refractivity contribution in [3.8, 4) is 0 Å². The third kappa shape index (κ3) is 9.17. The molecule has 9 nitrogen and oxygen atoms in total. The van der Waals surface area contributed by atoms with E-state index in [0.717, 1.165) is 11.1 Å². The molecule has 0 spiro atoms. The van der Waals surface area contributed by atoms with Gasteiger partial charge in [0, 0.05) is 30.3 Å². The number of nitrogens with zero attached hydrogens (tertiary/aromatic N) is 1. The van der Waals surface area contributed by atoms with Crippen molar-refractivity contribution in [2.24, 2.45) is 0 Å². The molecule has 2 N–H and O–H groups in total. The molecule has 10 heteroatoms. The van der Waals surface area contributed by atoms with Crippen molar-refractivity contribution in [2.45, 2.75) is 64.5 Å². The van der Waals surface area contributed by atoms with Crippen molar-refractivity contribution in [3.05, 3.63) is 64.9 Å². The first-order chi connectivity index (χ1) is 17.6. The van der Waals surface area contributed by atoms with Crippen LogP contribution in [0.3, 0.4) is 0 Å². The van der Waals surface area contributed by atoms with E-state index in [2.05, 4.69) is 15.6 Å². The molecule has 0 aliphatic heterocycles. The first-order valence-corrected chi connectivity index (χ1v) is 12.5. The van der Waals surface area contributed by atoms with Crippen molar-refractivity contribution in [2.75, 3.05) is 13.2 Å². The van der Waals surface area contributed by atoms with Crippen LogP contribution < -0.4 is 10.6 Å². The van der Waals surface area contributed by atoms with E-state index in [-0.39, 0.29) is 38.4 Å². The average Bonchev–Trinajstić information content (AvgIpc) is 2.87. The van der Waals surface area contributed by atoms with Gasteiger partial charge in [-0.2, -0.15) is 0 Å². The number of carbonyl (C=O) groups is 4. The maximum Gasteiger partial charge on any atom is 0.328 e. The molecule has 0 radical (unpaired) electrons. The SMILES string of the molecule is CCOC(=O)CC[C@@H](NC(=O)[C@H](Cc1ccncc1)NC(=O)C(C)(C)c1ccc(Cl)cc1)C(=O)OCC. The lowest BCUT2D eigenvalue weighted by molar-refractivity contribution is -0.149. The van der Waals surface area contributed by atoms with Crippen molar-refractivity contribution in [3.63, 3.8) is 0 Å². The van der Waals surface area contributed by atoms with Crippen molar-refractivity contribution >= 4 is 35.4 Å². The fourth-order valence-corrected chi connectivity index (χ4v) is 3.69. The maximum absolute atomic E-state index is 13.4. The summed E-state index contributed by atoms with van der Waals surface area (Å²) in [6.45, 7) is 7.13. The van der Waals surface area contributed by atoms with E-state index < -0.39 is 35.3 Å². The predicted molar refractivity (Wildman–Crippen MR) is 139 cm³/mol. The van der Waals surface area contributed by atoms with Crippen LogP contribution in [-0.4, -0.2) is 54.0 Å². The molecule has 0 saturated heterocycles. The van der Waals surface area contributed by atoms with Crippen LogP contribution in [0.5, 0.6) is 0 Å². The summed E-state index contributed by atoms with van der Waals surface area (Å²) in [6.07, 6.45) is 3.25. The highest BCUT2D eigenvalue weighted by Gasteiger charge is 2.34. The Labute approximate surface area is 222 Å². The highest BCUT2D eigenvalue weighted by molar-refractivity contribution is 6.30. The number of hydrogen-bond donors (Lipinski definition) is 2. The van der Waals surface area contributed by atoms with E-state index in [9.17, 15) is 19.2 Å². The van der Waals surface area contributed by atoms with Gasteiger partial charge in [-0.1, -0.05) is 23.7 Å². The minimum atomic E-state index is -1.09. The molecular formula is C27H34ClN3O6. The second-order valence-electron chi connectivity index (χ2n) is 8.87. The fourth-order valence-electron chi connectivity index (χ4n) is 3.56. The minimum Gasteiger partial charge on any atom is -0.466 e. The number of rotatable bonds is 13. The fraction of sp³-hybridized carbons (Fsp3) is 0.444. The molecule has 2 rings (SSSR count). The molecule has 0 fully saturated rings. The molecule has 0 unspecified atom stereocenters. The molecule has 0 aliphatic rings. The molecule has 1 heterocycles. The number of ether oxygens (including phenoxy) is 2. The Hall–Kier alpha value is -3.46. The van der Waals surface area contributed by atoms with Crippen LogP contribution >= 0.6 is 11.6 Å². The van der Waals surface area contributed by atoms with E-state index >= 15 is 0 Å². The first kappa shape index (κ1) is 29.8. The van der Waals surface area contributed by atoms with Gasteiger partial charge in [0.25, 0.3) is 0 Å². The standard InChI is InChI=1S/C27H34ClN3O6/c1-5-36-23(32)12-11-21(25(34)37-6-2)30-24(33)22(17-18-13-15-29-16-14-18)31-26(35)27(3,4)19-7-9-20(28)10-8-19/h7-10,13-16,21-22H,5-6,11-12,17H2,1-4H3,(H,30,33)(H,31,35)/t21-,22+/m1/s1. The summed E-state index contributed by atoms with van der Waals surface area (Å²) >= 11 is 5.99. The van der Waals surface area contributed by atoms with E-state index in [1.807, 2.05) is 0 Å². The van der Waals surface area contributed by atoms with Gasteiger partial charge in [-0.3, -0.25) is 19.4 Å². The van der Waals surface area contributed by atoms with Crippen molar-refractivity contribution in [1.29, 1.82) is 0 Å². The summed E-state index contributed by atoms with van der Waals surface area (Å²) in [5, 5.41) is 6.03. The predicted octanol–water partition coefficient (Wildman–Crippen LogP) is 3.13. The highest BCUT2D eigenvalue weighted by atomic mass is 35.5. The topological polar surface area (TPSA) is 124 Å². The van der Waals surface area contributed by atoms with Gasteiger partial charge in [0.1, 0.15) is 12.1 Å². The molecule has 1 aromatic heterocycles. The van der Waals surface area contributed by atoms with Gasteiger partial charge in [0.05, 0.1) is 18.6 Å². The van der Waals surface area contributed by atoms with Crippen LogP contribution in [0.2, 0.25) is 5.02 Å². The number of benzene rings is 1. The lowest BCUT2D eigenvalue weighted by Gasteiger charge is -2.28. The van der Waals surface area contributed by atoms with Crippen LogP contribution in [0.4, 0.5) is 0 Å². The van der Waals surface area contributed by atoms with Gasteiger partial charge in [0.15, 0.2) is 0 Å². The van der Waals surface area contributed by atoms with Crippen molar-refractivity contribution < 1.29 is 28.7 Å². The lowest BCUT2D eigenvalue weighted by atomic mass is 9.83. The number of halogens is 1. The van der Waals surface area contributed by atoms with E-state index in [0.29, 0.717) is 5.02 Å². The Morgan fingerprint density at radius 1 is 0.919 bits per heavy atom. The summed E-state index contributed by atoms with van der Waals surface area (Å²) in [7, 11) is 0. The second-order valence-corrected chi connectivity index (χ2v) is 9.31. The zero-order valence-corrected chi connectivity index (χ0v) is 22.3. The van der Waals surface area contributed by atoms with Gasteiger partial charge in [-0.25, -0.2) is 4.79 Å². The summed E-state index contributed by atoms with van der Waals surface area (Å²) in [6, 6.07) is 8.28. The lowest BCUT2D eigenvalue weighted by Crippen LogP contribution is -2.55. The summed E-state index contributed by atoms with van der Waals surface area (Å²) in [4.78, 5) is 55.1. The highest BCUT2D eigenvalue weighted by Crippen LogP contribution is 2.25. The normalized spacial score (nSPS) is 12.7. The monoisotopic (exact) mass is 531 g/mol. The van der Waals surface area contributed by atoms with Gasteiger partial charge in [0.2, 0.25) is 11.8 Å². The molecule has 2 atom stereocenters. The zero-order chi connectivity index (χ0) is 27.4. The van der Waals surface area contributed by atoms with Crippen LogP contribution in [-0.2, 0) is 40.5 Å². The van der Waals surface area contributed by atoms with Crippen LogP contribution in [0.25, 0.3) is 0 Å². The number of esters is 2. The first-order valence-electron chi connectivity index (χ1n) is 12.2. The number of amides is 2. The molecule has 2 amide bonds. The van der Waals surface area contributed by atoms with E-state index in [1.165, 1.54) is 0 Å². The molecule has 0 bridgehead atoms. The van der Waals surface area contributed by atoms with Gasteiger partial charge in [-0.15, -0.1) is 0 Å². The average molecular weight is 532 g/mol. The molecule has 200 valence electrons. The number of hydrogen-bond acceptors (Lipinski definition) is 7. The van der Waals surface area contributed by atoms with Crippen LogP contribution in [0.1, 0.15) is 51.7 Å².